The maximum absolute atomic E-state index is 13.0. The summed E-state index contributed by atoms with van der Waals surface area (Å²) in [6.45, 7) is 0. The van der Waals surface area contributed by atoms with Gasteiger partial charge in [-0.25, -0.2) is 4.39 Å². The Morgan fingerprint density at radius 1 is 1.50 bits per heavy atom. The van der Waals surface area contributed by atoms with Crippen molar-refractivity contribution in [3.8, 4) is 0 Å². The van der Waals surface area contributed by atoms with Crippen LogP contribution in [0.5, 0.6) is 0 Å². The van der Waals surface area contributed by atoms with E-state index in [1.807, 2.05) is 0 Å². The molecule has 18 heavy (non-hydrogen) atoms. The molecule has 5 nitrogen and oxygen atoms in total. The second-order valence-electron chi connectivity index (χ2n) is 3.55. The lowest BCUT2D eigenvalue weighted by atomic mass is 10.2. The third-order valence-electron chi connectivity index (χ3n) is 2.00. The van der Waals surface area contributed by atoms with Gasteiger partial charge in [0.1, 0.15) is 17.2 Å². The first-order valence-electron chi connectivity index (χ1n) is 5.01. The van der Waals surface area contributed by atoms with Crippen molar-refractivity contribution in [1.82, 2.24) is 10.4 Å². The van der Waals surface area contributed by atoms with Gasteiger partial charge in [-0.15, -0.1) is 0 Å². The van der Waals surface area contributed by atoms with E-state index in [0.717, 1.165) is 0 Å². The van der Waals surface area contributed by atoms with Gasteiger partial charge in [-0.3, -0.25) is 20.0 Å². The molecule has 0 saturated heterocycles. The molecule has 7 heteroatoms. The summed E-state index contributed by atoms with van der Waals surface area (Å²) < 4.78 is 13.0. The molecule has 0 aliphatic rings. The predicted molar refractivity (Wildman–Crippen MR) is 67.8 cm³/mol. The van der Waals surface area contributed by atoms with E-state index in [1.165, 1.54) is 30.3 Å². The summed E-state index contributed by atoms with van der Waals surface area (Å²) in [5.41, 5.74) is 7.69. The Hall–Kier alpha value is -2.02. The second kappa shape index (κ2) is 6.06. The van der Waals surface area contributed by atoms with Gasteiger partial charge >= 0.3 is 0 Å². The molecule has 3 N–H and O–H groups in total. The number of nitrogens with two attached hydrogens (primary N) is 1. The standard InChI is InChI=1S/C11H12FN3O2S/c1-15(14-10(17)6-9(13)16)11(18)7-3-2-4-8(12)5-7/h2-5H,6H2,1H3,(H2,13,16)(H,14,17). The molecular weight excluding hydrogens is 257 g/mol. The monoisotopic (exact) mass is 269 g/mol. The van der Waals surface area contributed by atoms with E-state index >= 15 is 0 Å². The first-order valence-corrected chi connectivity index (χ1v) is 5.42. The Morgan fingerprint density at radius 3 is 2.72 bits per heavy atom. The van der Waals surface area contributed by atoms with E-state index in [1.54, 1.807) is 6.07 Å². The number of halogens is 1. The SMILES string of the molecule is CN(NC(=O)CC(N)=O)C(=S)c1cccc(F)c1. The zero-order chi connectivity index (χ0) is 13.7. The highest BCUT2D eigenvalue weighted by atomic mass is 32.1. The Bertz CT molecular complexity index is 493. The molecule has 0 aliphatic heterocycles. The highest BCUT2D eigenvalue weighted by Crippen LogP contribution is 2.06. The van der Waals surface area contributed by atoms with Crippen LogP contribution in [0, 0.1) is 5.82 Å². The highest BCUT2D eigenvalue weighted by molar-refractivity contribution is 7.80. The molecule has 0 fully saturated rings. The van der Waals surface area contributed by atoms with Crippen LogP contribution in [-0.4, -0.2) is 28.9 Å². The average molecular weight is 269 g/mol. The summed E-state index contributed by atoms with van der Waals surface area (Å²) in [7, 11) is 1.49. The number of primary amides is 1. The van der Waals surface area contributed by atoms with Crippen molar-refractivity contribution >= 4 is 29.0 Å². The van der Waals surface area contributed by atoms with E-state index < -0.39 is 24.1 Å². The van der Waals surface area contributed by atoms with Crippen LogP contribution in [0.3, 0.4) is 0 Å². The molecule has 0 atom stereocenters. The van der Waals surface area contributed by atoms with Crippen LogP contribution in [0.25, 0.3) is 0 Å². The second-order valence-corrected chi connectivity index (χ2v) is 3.94. The van der Waals surface area contributed by atoms with Crippen molar-refractivity contribution in [2.75, 3.05) is 7.05 Å². The highest BCUT2D eigenvalue weighted by Gasteiger charge is 2.12. The lowest BCUT2D eigenvalue weighted by molar-refractivity contribution is -0.129. The van der Waals surface area contributed by atoms with Gasteiger partial charge in [0, 0.05) is 12.6 Å². The first kappa shape index (κ1) is 14.0. The summed E-state index contributed by atoms with van der Waals surface area (Å²) in [5.74, 6) is -1.74. The number of nitrogens with zero attached hydrogens (tertiary/aromatic N) is 1. The number of thiocarbonyl (C=S) groups is 1. The van der Waals surface area contributed by atoms with Crippen LogP contribution in [-0.2, 0) is 9.59 Å². The van der Waals surface area contributed by atoms with Crippen LogP contribution in [0.1, 0.15) is 12.0 Å². The van der Waals surface area contributed by atoms with Crippen LogP contribution in [0.4, 0.5) is 4.39 Å². The Labute approximate surface area is 109 Å². The zero-order valence-corrected chi connectivity index (χ0v) is 10.5. The third kappa shape index (κ3) is 4.10. The molecule has 0 bridgehead atoms. The average Bonchev–Trinajstić information content (AvgIpc) is 2.26. The number of hydrogen-bond donors (Lipinski definition) is 2. The fourth-order valence-electron chi connectivity index (χ4n) is 1.25. The largest absolute Gasteiger partial charge is 0.369 e. The maximum Gasteiger partial charge on any atom is 0.247 e. The lowest BCUT2D eigenvalue weighted by Crippen LogP contribution is -2.44. The zero-order valence-electron chi connectivity index (χ0n) is 9.64. The van der Waals surface area contributed by atoms with Crippen LogP contribution in [0.15, 0.2) is 24.3 Å². The van der Waals surface area contributed by atoms with Crippen LogP contribution >= 0.6 is 12.2 Å². The molecule has 0 aromatic heterocycles. The predicted octanol–water partition coefficient (Wildman–Crippen LogP) is 0.340. The van der Waals surface area contributed by atoms with Crippen molar-refractivity contribution in [3.05, 3.63) is 35.6 Å². The minimum absolute atomic E-state index is 0.229. The van der Waals surface area contributed by atoms with Gasteiger partial charge in [0.25, 0.3) is 0 Å². The molecule has 0 aliphatic carbocycles. The Kier molecular flexibility index (Phi) is 4.73. The van der Waals surface area contributed by atoms with Crippen molar-refractivity contribution in [2.24, 2.45) is 5.73 Å². The fraction of sp³-hybridized carbons (Fsp3) is 0.182. The number of hydrazine groups is 1. The molecule has 0 radical (unpaired) electrons. The molecule has 2 amide bonds. The molecule has 1 aromatic rings. The fourth-order valence-corrected chi connectivity index (χ4v) is 1.42. The minimum Gasteiger partial charge on any atom is -0.369 e. The van der Waals surface area contributed by atoms with Gasteiger partial charge in [0.05, 0.1) is 0 Å². The van der Waals surface area contributed by atoms with Crippen molar-refractivity contribution in [1.29, 1.82) is 0 Å². The number of amides is 2. The summed E-state index contributed by atoms with van der Waals surface area (Å²) in [6.07, 6.45) is -0.434. The molecule has 0 saturated carbocycles. The Morgan fingerprint density at radius 2 is 2.17 bits per heavy atom. The van der Waals surface area contributed by atoms with Gasteiger partial charge in [-0.1, -0.05) is 24.4 Å². The van der Waals surface area contributed by atoms with Gasteiger partial charge < -0.3 is 5.73 Å². The summed E-state index contributed by atoms with van der Waals surface area (Å²) in [6, 6.07) is 5.66. The molecule has 0 heterocycles. The summed E-state index contributed by atoms with van der Waals surface area (Å²) in [5, 5.41) is 1.23. The normalized spacial score (nSPS) is 9.67. The van der Waals surface area contributed by atoms with Crippen LogP contribution in [0.2, 0.25) is 0 Å². The van der Waals surface area contributed by atoms with Crippen molar-refractivity contribution in [2.45, 2.75) is 6.42 Å². The van der Waals surface area contributed by atoms with E-state index in [9.17, 15) is 14.0 Å². The number of rotatable bonds is 3. The van der Waals surface area contributed by atoms with Gasteiger partial charge in [-0.05, 0) is 12.1 Å². The topological polar surface area (TPSA) is 75.4 Å². The molecule has 96 valence electrons. The number of benzene rings is 1. The van der Waals surface area contributed by atoms with Crippen molar-refractivity contribution in [3.63, 3.8) is 0 Å². The number of nitrogens with one attached hydrogen (secondary N) is 1. The number of hydrogen-bond acceptors (Lipinski definition) is 3. The van der Waals surface area contributed by atoms with E-state index in [-0.39, 0.29) is 4.99 Å². The molecule has 0 spiro atoms. The molecule has 0 unspecified atom stereocenters. The van der Waals surface area contributed by atoms with E-state index in [2.05, 4.69) is 5.43 Å². The van der Waals surface area contributed by atoms with Gasteiger partial charge in [0.15, 0.2) is 0 Å². The quantitative estimate of drug-likeness (QED) is 0.471. The Balaban J connectivity index is 2.67. The van der Waals surface area contributed by atoms with E-state index in [0.29, 0.717) is 5.56 Å². The molecule has 1 aromatic carbocycles. The van der Waals surface area contributed by atoms with Gasteiger partial charge in [0.2, 0.25) is 11.8 Å². The maximum atomic E-state index is 13.0. The van der Waals surface area contributed by atoms with E-state index in [4.69, 9.17) is 18.0 Å². The number of carbonyl (C=O) groups excluding carboxylic acids is 2. The van der Waals surface area contributed by atoms with Crippen molar-refractivity contribution < 1.29 is 14.0 Å². The summed E-state index contributed by atoms with van der Waals surface area (Å²) in [4.78, 5) is 22.0. The number of carbonyl (C=O) groups is 2. The first-order chi connectivity index (χ1) is 8.40. The lowest BCUT2D eigenvalue weighted by Gasteiger charge is -2.20. The van der Waals surface area contributed by atoms with Crippen LogP contribution < -0.4 is 11.2 Å². The smallest absolute Gasteiger partial charge is 0.247 e. The minimum atomic E-state index is -0.738. The summed E-state index contributed by atoms with van der Waals surface area (Å²) >= 11 is 5.06. The molecular formula is C11H12FN3O2S. The third-order valence-corrected chi connectivity index (χ3v) is 2.51. The molecule has 1 rings (SSSR count). The van der Waals surface area contributed by atoms with Gasteiger partial charge in [-0.2, -0.15) is 0 Å².